The van der Waals surface area contributed by atoms with Crippen LogP contribution in [0.1, 0.15) is 43.0 Å². The number of amides is 1. The molecule has 1 unspecified atom stereocenters. The fourth-order valence-corrected chi connectivity index (χ4v) is 2.46. The van der Waals surface area contributed by atoms with Gasteiger partial charge in [0, 0.05) is 25.8 Å². The Bertz CT molecular complexity index is 438. The maximum Gasteiger partial charge on any atom is 0.252 e. The van der Waals surface area contributed by atoms with E-state index in [0.717, 1.165) is 18.9 Å². The molecule has 0 aromatic carbocycles. The predicted molar refractivity (Wildman–Crippen MR) is 85.5 cm³/mol. The summed E-state index contributed by atoms with van der Waals surface area (Å²) < 4.78 is 0. The lowest BCUT2D eigenvalue weighted by Gasteiger charge is -2.21. The van der Waals surface area contributed by atoms with Crippen molar-refractivity contribution in [2.75, 3.05) is 31.1 Å². The Labute approximate surface area is 126 Å². The lowest BCUT2D eigenvalue weighted by Crippen LogP contribution is -2.31. The van der Waals surface area contributed by atoms with E-state index < -0.39 is 0 Å². The first-order chi connectivity index (χ1) is 10.2. The van der Waals surface area contributed by atoms with Crippen LogP contribution in [-0.4, -0.2) is 37.1 Å². The van der Waals surface area contributed by atoms with Crippen molar-refractivity contribution in [3.63, 3.8) is 0 Å². The highest BCUT2D eigenvalue weighted by Crippen LogP contribution is 2.17. The molecule has 1 aromatic rings. The second kappa shape index (κ2) is 7.98. The summed E-state index contributed by atoms with van der Waals surface area (Å²) in [6, 6.07) is 3.81. The molecule has 0 aliphatic carbocycles. The first-order valence-corrected chi connectivity index (χ1v) is 7.90. The number of hydrogen-bond acceptors (Lipinski definition) is 4. The van der Waals surface area contributed by atoms with Crippen LogP contribution in [0.4, 0.5) is 5.82 Å². The van der Waals surface area contributed by atoms with E-state index in [9.17, 15) is 4.79 Å². The van der Waals surface area contributed by atoms with E-state index in [1.54, 1.807) is 6.20 Å². The van der Waals surface area contributed by atoms with Crippen molar-refractivity contribution in [3.8, 4) is 0 Å². The third kappa shape index (κ3) is 4.70. The SMILES string of the molecule is CC(CN)CNC(=O)c1ccc(N2CCCCCC2)nc1. The fraction of sp³-hybridized carbons (Fsp3) is 0.625. The van der Waals surface area contributed by atoms with Crippen LogP contribution in [0, 0.1) is 5.92 Å². The maximum atomic E-state index is 12.0. The summed E-state index contributed by atoms with van der Waals surface area (Å²) in [5.74, 6) is 1.19. The van der Waals surface area contributed by atoms with Gasteiger partial charge in [-0.1, -0.05) is 19.8 Å². The molecule has 1 atom stereocenters. The summed E-state index contributed by atoms with van der Waals surface area (Å²) >= 11 is 0. The van der Waals surface area contributed by atoms with Crippen LogP contribution < -0.4 is 16.0 Å². The summed E-state index contributed by atoms with van der Waals surface area (Å²) in [4.78, 5) is 18.8. The van der Waals surface area contributed by atoms with Crippen molar-refractivity contribution < 1.29 is 4.79 Å². The molecule has 21 heavy (non-hydrogen) atoms. The third-order valence-corrected chi connectivity index (χ3v) is 3.95. The van der Waals surface area contributed by atoms with Gasteiger partial charge in [0.2, 0.25) is 0 Å². The van der Waals surface area contributed by atoms with Gasteiger partial charge in [-0.15, -0.1) is 0 Å². The standard InChI is InChI=1S/C16H26N4O/c1-13(10-17)11-19-16(21)14-6-7-15(18-12-14)20-8-4-2-3-5-9-20/h6-7,12-13H,2-5,8-11,17H2,1H3,(H,19,21). The first kappa shape index (κ1) is 15.8. The Morgan fingerprint density at radius 2 is 2.05 bits per heavy atom. The van der Waals surface area contributed by atoms with Crippen molar-refractivity contribution in [2.45, 2.75) is 32.6 Å². The summed E-state index contributed by atoms with van der Waals surface area (Å²) in [6.45, 7) is 5.32. The molecule has 1 aromatic heterocycles. The van der Waals surface area contributed by atoms with Crippen LogP contribution >= 0.6 is 0 Å². The Balaban J connectivity index is 1.93. The van der Waals surface area contributed by atoms with Crippen LogP contribution in [0.25, 0.3) is 0 Å². The van der Waals surface area contributed by atoms with Gasteiger partial charge in [0.05, 0.1) is 5.56 Å². The highest BCUT2D eigenvalue weighted by Gasteiger charge is 2.12. The van der Waals surface area contributed by atoms with Gasteiger partial charge in [-0.2, -0.15) is 0 Å². The van der Waals surface area contributed by atoms with Gasteiger partial charge in [0.25, 0.3) is 5.91 Å². The van der Waals surface area contributed by atoms with Gasteiger partial charge in [-0.05, 0) is 37.4 Å². The number of nitrogens with two attached hydrogens (primary N) is 1. The number of hydrogen-bond donors (Lipinski definition) is 2. The van der Waals surface area contributed by atoms with Crippen molar-refractivity contribution >= 4 is 11.7 Å². The minimum absolute atomic E-state index is 0.0785. The molecule has 1 amide bonds. The predicted octanol–water partition coefficient (Wildman–Crippen LogP) is 1.79. The number of anilines is 1. The second-order valence-electron chi connectivity index (χ2n) is 5.86. The zero-order chi connectivity index (χ0) is 15.1. The second-order valence-corrected chi connectivity index (χ2v) is 5.86. The quantitative estimate of drug-likeness (QED) is 0.867. The molecule has 1 fully saturated rings. The molecule has 5 nitrogen and oxygen atoms in total. The topological polar surface area (TPSA) is 71.2 Å². The summed E-state index contributed by atoms with van der Waals surface area (Å²) in [6.07, 6.45) is 6.72. The van der Waals surface area contributed by atoms with E-state index in [4.69, 9.17) is 5.73 Å². The van der Waals surface area contributed by atoms with E-state index in [1.165, 1.54) is 25.7 Å². The summed E-state index contributed by atoms with van der Waals surface area (Å²) in [5, 5.41) is 2.89. The Hall–Kier alpha value is -1.62. The molecule has 0 saturated carbocycles. The zero-order valence-corrected chi connectivity index (χ0v) is 12.8. The van der Waals surface area contributed by atoms with E-state index in [1.807, 2.05) is 19.1 Å². The average Bonchev–Trinajstić information content (AvgIpc) is 2.81. The van der Waals surface area contributed by atoms with Crippen LogP contribution in [-0.2, 0) is 0 Å². The lowest BCUT2D eigenvalue weighted by molar-refractivity contribution is 0.0948. The van der Waals surface area contributed by atoms with Crippen LogP contribution in [0.3, 0.4) is 0 Å². The number of nitrogens with zero attached hydrogens (tertiary/aromatic N) is 2. The molecule has 1 aliphatic heterocycles. The van der Waals surface area contributed by atoms with E-state index in [2.05, 4.69) is 15.2 Å². The summed E-state index contributed by atoms with van der Waals surface area (Å²) in [5.41, 5.74) is 6.15. The Kier molecular flexibility index (Phi) is 5.99. The monoisotopic (exact) mass is 290 g/mol. The molecule has 5 heteroatoms. The van der Waals surface area contributed by atoms with E-state index >= 15 is 0 Å². The summed E-state index contributed by atoms with van der Waals surface area (Å²) in [7, 11) is 0. The van der Waals surface area contributed by atoms with Crippen LogP contribution in [0.15, 0.2) is 18.3 Å². The first-order valence-electron chi connectivity index (χ1n) is 7.90. The third-order valence-electron chi connectivity index (χ3n) is 3.95. The highest BCUT2D eigenvalue weighted by atomic mass is 16.1. The smallest absolute Gasteiger partial charge is 0.252 e. The molecule has 1 aliphatic rings. The van der Waals surface area contributed by atoms with Gasteiger partial charge in [0.1, 0.15) is 5.82 Å². The maximum absolute atomic E-state index is 12.0. The molecule has 0 radical (unpaired) electrons. The van der Waals surface area contributed by atoms with Crippen LogP contribution in [0.2, 0.25) is 0 Å². The lowest BCUT2D eigenvalue weighted by atomic mass is 10.2. The van der Waals surface area contributed by atoms with Crippen LogP contribution in [0.5, 0.6) is 0 Å². The normalized spacial score (nSPS) is 17.1. The molecule has 116 valence electrons. The molecule has 1 saturated heterocycles. The molecule has 2 heterocycles. The van der Waals surface area contributed by atoms with Crippen molar-refractivity contribution in [1.29, 1.82) is 0 Å². The van der Waals surface area contributed by atoms with Crippen molar-refractivity contribution in [3.05, 3.63) is 23.9 Å². The fourth-order valence-electron chi connectivity index (χ4n) is 2.46. The average molecular weight is 290 g/mol. The number of aromatic nitrogens is 1. The highest BCUT2D eigenvalue weighted by molar-refractivity contribution is 5.94. The molecule has 0 bridgehead atoms. The van der Waals surface area contributed by atoms with Gasteiger partial charge < -0.3 is 16.0 Å². The molecule has 0 spiro atoms. The Morgan fingerprint density at radius 1 is 1.33 bits per heavy atom. The molecular weight excluding hydrogens is 264 g/mol. The van der Waals surface area contributed by atoms with Gasteiger partial charge in [-0.3, -0.25) is 4.79 Å². The largest absolute Gasteiger partial charge is 0.357 e. The van der Waals surface area contributed by atoms with Crippen molar-refractivity contribution in [1.82, 2.24) is 10.3 Å². The number of rotatable bonds is 5. The minimum atomic E-state index is -0.0785. The van der Waals surface area contributed by atoms with E-state index in [0.29, 0.717) is 24.6 Å². The minimum Gasteiger partial charge on any atom is -0.357 e. The van der Waals surface area contributed by atoms with Crippen molar-refractivity contribution in [2.24, 2.45) is 11.7 Å². The molecule has 3 N–H and O–H groups in total. The molecule has 2 rings (SSSR count). The number of carbonyl (C=O) groups is 1. The van der Waals surface area contributed by atoms with E-state index in [-0.39, 0.29) is 5.91 Å². The Morgan fingerprint density at radius 3 is 2.62 bits per heavy atom. The van der Waals surface area contributed by atoms with Gasteiger partial charge >= 0.3 is 0 Å². The number of nitrogens with one attached hydrogen (secondary N) is 1. The number of carbonyl (C=O) groups excluding carboxylic acids is 1. The van der Waals surface area contributed by atoms with Gasteiger partial charge in [0.15, 0.2) is 0 Å². The molecular formula is C16H26N4O. The number of pyridine rings is 1. The zero-order valence-electron chi connectivity index (χ0n) is 12.8. The van der Waals surface area contributed by atoms with Gasteiger partial charge in [-0.25, -0.2) is 4.98 Å².